The molecule has 2 amide bonds. The summed E-state index contributed by atoms with van der Waals surface area (Å²) in [5, 5.41) is 0. The van der Waals surface area contributed by atoms with Crippen molar-refractivity contribution in [3.63, 3.8) is 0 Å². The molecule has 0 saturated carbocycles. The minimum atomic E-state index is -1.43. The molecule has 28 heavy (non-hydrogen) atoms. The van der Waals surface area contributed by atoms with E-state index in [2.05, 4.69) is 0 Å². The molecule has 2 aromatic rings. The van der Waals surface area contributed by atoms with E-state index < -0.39 is 11.6 Å². The average Bonchev–Trinajstić information content (AvgIpc) is 3.08. The number of carbonyl (C=O) groups is 3. The highest BCUT2D eigenvalue weighted by Crippen LogP contribution is 2.44. The largest absolute Gasteiger partial charge is 0.458 e. The zero-order valence-electron chi connectivity index (χ0n) is 15.5. The van der Waals surface area contributed by atoms with Crippen LogP contribution >= 0.6 is 0 Å². The van der Waals surface area contributed by atoms with Crippen molar-refractivity contribution in [2.45, 2.75) is 18.5 Å². The van der Waals surface area contributed by atoms with Gasteiger partial charge in [0.1, 0.15) is 6.61 Å². The van der Waals surface area contributed by atoms with Crippen molar-refractivity contribution in [2.75, 3.05) is 18.6 Å². The maximum absolute atomic E-state index is 13.1. The Hall–Kier alpha value is -3.41. The zero-order chi connectivity index (χ0) is 19.7. The van der Waals surface area contributed by atoms with Gasteiger partial charge < -0.3 is 9.64 Å². The van der Waals surface area contributed by atoms with Crippen LogP contribution < -0.4 is 4.90 Å². The number of hydrogen-bond acceptors (Lipinski definition) is 4. The van der Waals surface area contributed by atoms with Gasteiger partial charge in [-0.2, -0.15) is 0 Å². The molecule has 2 heterocycles. The van der Waals surface area contributed by atoms with E-state index >= 15 is 0 Å². The molecular weight excluding hydrogens is 356 g/mol. The number of ether oxygens (including phenoxy) is 1. The number of amides is 2. The molecule has 2 aliphatic rings. The molecule has 4 rings (SSSR count). The first-order chi connectivity index (χ1) is 13.6. The first-order valence-corrected chi connectivity index (χ1v) is 9.15. The van der Waals surface area contributed by atoms with E-state index in [1.165, 1.54) is 9.80 Å². The number of fused-ring (bicyclic) bond motifs is 3. The first kappa shape index (κ1) is 18.0. The lowest BCUT2D eigenvalue weighted by Crippen LogP contribution is -2.67. The van der Waals surface area contributed by atoms with Gasteiger partial charge in [0.15, 0.2) is 0 Å². The van der Waals surface area contributed by atoms with E-state index in [1.807, 2.05) is 36.4 Å². The second-order valence-electron chi connectivity index (χ2n) is 6.84. The fourth-order valence-corrected chi connectivity index (χ4v) is 3.88. The van der Waals surface area contributed by atoms with Gasteiger partial charge in [0, 0.05) is 19.9 Å². The summed E-state index contributed by atoms with van der Waals surface area (Å²) in [6.07, 6.45) is 3.99. The number of anilines is 1. The van der Waals surface area contributed by atoms with Crippen molar-refractivity contribution in [3.05, 3.63) is 71.8 Å². The molecule has 0 unspecified atom stereocenters. The molecule has 142 valence electrons. The van der Waals surface area contributed by atoms with E-state index in [9.17, 15) is 14.4 Å². The summed E-state index contributed by atoms with van der Waals surface area (Å²) >= 11 is 0. The Morgan fingerprint density at radius 2 is 1.82 bits per heavy atom. The Labute approximate surface area is 163 Å². The normalized spacial score (nSPS) is 21.0. The van der Waals surface area contributed by atoms with Crippen LogP contribution in [0.3, 0.4) is 0 Å². The highest BCUT2D eigenvalue weighted by atomic mass is 16.5. The average molecular weight is 376 g/mol. The van der Waals surface area contributed by atoms with Crippen LogP contribution in [0.4, 0.5) is 5.69 Å². The number of rotatable bonds is 4. The predicted octanol–water partition coefficient (Wildman–Crippen LogP) is 2.85. The molecule has 2 aliphatic heterocycles. The molecule has 1 atom stereocenters. The maximum atomic E-state index is 13.1. The van der Waals surface area contributed by atoms with E-state index in [4.69, 9.17) is 4.74 Å². The van der Waals surface area contributed by atoms with Crippen LogP contribution in [0.5, 0.6) is 0 Å². The Morgan fingerprint density at radius 1 is 1.11 bits per heavy atom. The lowest BCUT2D eigenvalue weighted by molar-refractivity contribution is -0.155. The summed E-state index contributed by atoms with van der Waals surface area (Å²) < 4.78 is 5.48. The van der Waals surface area contributed by atoms with E-state index in [1.54, 1.807) is 37.4 Å². The fourth-order valence-electron chi connectivity index (χ4n) is 3.88. The van der Waals surface area contributed by atoms with Crippen LogP contribution in [0.15, 0.2) is 60.7 Å². The van der Waals surface area contributed by atoms with Crippen molar-refractivity contribution >= 4 is 29.5 Å². The molecule has 0 aromatic heterocycles. The summed E-state index contributed by atoms with van der Waals surface area (Å²) in [5.74, 6) is -1.08. The van der Waals surface area contributed by atoms with E-state index in [0.29, 0.717) is 11.3 Å². The smallest absolute Gasteiger partial charge is 0.354 e. The molecule has 6 nitrogen and oxygen atoms in total. The third kappa shape index (κ3) is 2.69. The maximum Gasteiger partial charge on any atom is 0.354 e. The van der Waals surface area contributed by atoms with Crippen molar-refractivity contribution in [1.29, 1.82) is 0 Å². The zero-order valence-corrected chi connectivity index (χ0v) is 15.5. The minimum Gasteiger partial charge on any atom is -0.458 e. The fraction of sp³-hybridized carbons (Fsp3) is 0.227. The molecule has 0 radical (unpaired) electrons. The summed E-state index contributed by atoms with van der Waals surface area (Å²) in [6.45, 7) is 0.0567. The van der Waals surface area contributed by atoms with Gasteiger partial charge in [-0.3, -0.25) is 14.5 Å². The van der Waals surface area contributed by atoms with Gasteiger partial charge in [-0.1, -0.05) is 48.5 Å². The van der Waals surface area contributed by atoms with Crippen LogP contribution in [-0.2, 0) is 14.3 Å². The number of nitrogens with zero attached hydrogens (tertiary/aromatic N) is 2. The van der Waals surface area contributed by atoms with Gasteiger partial charge >= 0.3 is 5.97 Å². The van der Waals surface area contributed by atoms with Gasteiger partial charge in [-0.15, -0.1) is 0 Å². The van der Waals surface area contributed by atoms with Crippen LogP contribution in [0.25, 0.3) is 6.08 Å². The predicted molar refractivity (Wildman–Crippen MR) is 104 cm³/mol. The number of esters is 1. The molecule has 0 N–H and O–H groups in total. The van der Waals surface area contributed by atoms with Crippen LogP contribution in [-0.4, -0.2) is 42.0 Å². The van der Waals surface area contributed by atoms with Gasteiger partial charge in [0.2, 0.25) is 11.6 Å². The molecule has 0 spiro atoms. The van der Waals surface area contributed by atoms with Crippen molar-refractivity contribution in [2.24, 2.45) is 0 Å². The summed E-state index contributed by atoms with van der Waals surface area (Å²) in [7, 11) is 1.55. The second-order valence-corrected chi connectivity index (χ2v) is 6.84. The van der Waals surface area contributed by atoms with Gasteiger partial charge in [0.25, 0.3) is 5.91 Å². The van der Waals surface area contributed by atoms with E-state index in [-0.39, 0.29) is 31.3 Å². The summed E-state index contributed by atoms with van der Waals surface area (Å²) in [5.41, 5.74) is 0.439. The van der Waals surface area contributed by atoms with Gasteiger partial charge in [-0.05, 0) is 23.8 Å². The Bertz CT molecular complexity index is 970. The highest BCUT2D eigenvalue weighted by Gasteiger charge is 2.60. The second kappa shape index (κ2) is 6.96. The third-order valence-electron chi connectivity index (χ3n) is 5.29. The monoisotopic (exact) mass is 376 g/mol. The highest BCUT2D eigenvalue weighted by molar-refractivity contribution is 6.15. The lowest BCUT2D eigenvalue weighted by atomic mass is 9.97. The van der Waals surface area contributed by atoms with Gasteiger partial charge in [0.05, 0.1) is 11.3 Å². The van der Waals surface area contributed by atoms with Crippen molar-refractivity contribution in [3.8, 4) is 0 Å². The first-order valence-electron chi connectivity index (χ1n) is 9.15. The topological polar surface area (TPSA) is 66.9 Å². The van der Waals surface area contributed by atoms with Crippen LogP contribution in [0, 0.1) is 0 Å². The molecule has 2 aromatic carbocycles. The molecule has 1 saturated heterocycles. The SMILES string of the molecule is CN1C(=O)c2ccccc2N2C(=O)CC[C@]12C(=O)OC/C=C/c1ccccc1. The number of para-hydroxylation sites is 1. The molecule has 0 aliphatic carbocycles. The quantitative estimate of drug-likeness (QED) is 0.770. The van der Waals surface area contributed by atoms with Crippen LogP contribution in [0.2, 0.25) is 0 Å². The molecule has 0 bridgehead atoms. The molecule has 6 heteroatoms. The lowest BCUT2D eigenvalue weighted by Gasteiger charge is -2.46. The number of benzene rings is 2. The number of likely N-dealkylation sites (N-methyl/N-ethyl adjacent to an activating group) is 1. The standard InChI is InChI=1S/C22H20N2O4/c1-23-20(26)17-11-5-6-12-18(17)24-19(25)13-14-22(23,24)21(27)28-15-7-10-16-8-3-2-4-9-16/h2-12H,13-15H2,1H3/b10-7+/t22-/m0/s1. The van der Waals surface area contributed by atoms with Crippen molar-refractivity contribution < 1.29 is 19.1 Å². The van der Waals surface area contributed by atoms with E-state index in [0.717, 1.165) is 5.56 Å². The minimum absolute atomic E-state index is 0.0567. The Kier molecular flexibility index (Phi) is 4.47. The Morgan fingerprint density at radius 3 is 2.61 bits per heavy atom. The third-order valence-corrected chi connectivity index (χ3v) is 5.29. The number of hydrogen-bond donors (Lipinski definition) is 0. The summed E-state index contributed by atoms with van der Waals surface area (Å²) in [4.78, 5) is 41.3. The van der Waals surface area contributed by atoms with Crippen molar-refractivity contribution in [1.82, 2.24) is 4.90 Å². The summed E-state index contributed by atoms with van der Waals surface area (Å²) in [6, 6.07) is 16.5. The molecular formula is C22H20N2O4. The number of carbonyl (C=O) groups excluding carboxylic acids is 3. The Balaban J connectivity index is 1.60. The van der Waals surface area contributed by atoms with Gasteiger partial charge in [-0.25, -0.2) is 4.79 Å². The molecule has 1 fully saturated rings. The van der Waals surface area contributed by atoms with Crippen LogP contribution in [0.1, 0.15) is 28.8 Å².